The predicted octanol–water partition coefficient (Wildman–Crippen LogP) is 4.58. The highest BCUT2D eigenvalue weighted by molar-refractivity contribution is 7.71. The lowest BCUT2D eigenvalue weighted by Crippen LogP contribution is -2.32. The molecular weight excluding hydrogens is 446 g/mol. The van der Waals surface area contributed by atoms with Gasteiger partial charge in [0.15, 0.2) is 10.6 Å². The van der Waals surface area contributed by atoms with Crippen molar-refractivity contribution >= 4 is 24.1 Å². The molecule has 172 valence electrons. The molecule has 0 saturated carbocycles. The van der Waals surface area contributed by atoms with Crippen molar-refractivity contribution in [1.82, 2.24) is 9.13 Å². The number of carbonyl (C=O) groups is 1. The maximum absolute atomic E-state index is 13.6. The molecule has 5 nitrogen and oxygen atoms in total. The van der Waals surface area contributed by atoms with Gasteiger partial charge in [0.25, 0.3) is 5.56 Å². The molecule has 0 radical (unpaired) electrons. The third-order valence-electron chi connectivity index (χ3n) is 5.40. The van der Waals surface area contributed by atoms with Crippen molar-refractivity contribution in [2.24, 2.45) is 0 Å². The third kappa shape index (κ3) is 5.34. The molecule has 0 amide bonds. The van der Waals surface area contributed by atoms with Gasteiger partial charge in [0, 0.05) is 31.0 Å². The van der Waals surface area contributed by atoms with Crippen molar-refractivity contribution in [2.75, 3.05) is 0 Å². The van der Waals surface area contributed by atoms with Crippen LogP contribution in [-0.4, -0.2) is 14.9 Å². The molecule has 1 heterocycles. The first-order valence-corrected chi connectivity index (χ1v) is 10.9. The molecule has 3 rings (SSSR count). The number of carbonyl (C=O) groups excluding carboxylic acids is 1. The highest BCUT2D eigenvalue weighted by atomic mass is 32.1. The molecular formula is C25H23F2N2O3S-. The third-order valence-corrected chi connectivity index (χ3v) is 5.84. The lowest BCUT2D eigenvalue weighted by Gasteiger charge is -2.27. The number of ketones is 1. The molecule has 1 unspecified atom stereocenters. The standard InChI is InChI=1S/C25H24F2N2O3S/c1-3-28-23(31)22(24(32)29(4-2)25(28)33)21(17-8-12-19(27)13-9-17)15-20(30)14-7-16-5-10-18(26)11-6-16/h5-14,21,31H,3-4,15H2,1-2H3/p-1/b14-7+. The van der Waals surface area contributed by atoms with E-state index in [1.54, 1.807) is 13.8 Å². The maximum Gasteiger partial charge on any atom is 0.257 e. The van der Waals surface area contributed by atoms with Crippen LogP contribution in [0.4, 0.5) is 8.78 Å². The van der Waals surface area contributed by atoms with E-state index in [1.807, 2.05) is 0 Å². The van der Waals surface area contributed by atoms with Gasteiger partial charge in [-0.15, -0.1) is 0 Å². The van der Waals surface area contributed by atoms with E-state index in [1.165, 1.54) is 69.8 Å². The summed E-state index contributed by atoms with van der Waals surface area (Å²) in [5.41, 5.74) is 0.459. The second-order valence-electron chi connectivity index (χ2n) is 7.45. The van der Waals surface area contributed by atoms with E-state index >= 15 is 0 Å². The summed E-state index contributed by atoms with van der Waals surface area (Å²) in [7, 11) is 0. The summed E-state index contributed by atoms with van der Waals surface area (Å²) in [6.07, 6.45) is 2.67. The van der Waals surface area contributed by atoms with Crippen LogP contribution in [0.1, 0.15) is 42.9 Å². The Morgan fingerprint density at radius 2 is 1.55 bits per heavy atom. The Labute approximate surface area is 195 Å². The minimum absolute atomic E-state index is 0.0811. The smallest absolute Gasteiger partial charge is 0.257 e. The molecule has 1 aromatic heterocycles. The number of hydrogen-bond donors (Lipinski definition) is 0. The fraction of sp³-hybridized carbons (Fsp3) is 0.240. The molecule has 0 aliphatic carbocycles. The second-order valence-corrected chi connectivity index (χ2v) is 7.82. The van der Waals surface area contributed by atoms with E-state index in [0.29, 0.717) is 11.1 Å². The zero-order valence-electron chi connectivity index (χ0n) is 18.3. The van der Waals surface area contributed by atoms with E-state index in [9.17, 15) is 23.5 Å². The van der Waals surface area contributed by atoms with Crippen molar-refractivity contribution in [3.05, 3.63) is 98.1 Å². The normalized spacial score (nSPS) is 12.2. The molecule has 1 atom stereocenters. The summed E-state index contributed by atoms with van der Waals surface area (Å²) in [6.45, 7) is 4.02. The molecule has 8 heteroatoms. The minimum Gasteiger partial charge on any atom is -0.860 e. The van der Waals surface area contributed by atoms with Gasteiger partial charge in [-0.1, -0.05) is 30.3 Å². The van der Waals surface area contributed by atoms with Crippen LogP contribution in [0.15, 0.2) is 59.4 Å². The van der Waals surface area contributed by atoms with Gasteiger partial charge in [-0.05, 0) is 73.4 Å². The van der Waals surface area contributed by atoms with Crippen molar-refractivity contribution in [3.8, 4) is 5.88 Å². The molecule has 2 aromatic carbocycles. The van der Waals surface area contributed by atoms with E-state index in [-0.39, 0.29) is 41.4 Å². The van der Waals surface area contributed by atoms with Crippen LogP contribution in [0, 0.1) is 16.4 Å². The van der Waals surface area contributed by atoms with Crippen LogP contribution in [0.2, 0.25) is 0 Å². The molecule has 0 fully saturated rings. The van der Waals surface area contributed by atoms with E-state index < -0.39 is 23.2 Å². The topological polar surface area (TPSA) is 67.1 Å². The van der Waals surface area contributed by atoms with Gasteiger partial charge in [0.2, 0.25) is 0 Å². The molecule has 0 aliphatic heterocycles. The Balaban J connectivity index is 2.09. The zero-order chi connectivity index (χ0) is 24.1. The summed E-state index contributed by atoms with van der Waals surface area (Å²) >= 11 is 5.31. The molecule has 0 spiro atoms. The van der Waals surface area contributed by atoms with Crippen molar-refractivity contribution < 1.29 is 18.7 Å². The molecule has 0 bridgehead atoms. The van der Waals surface area contributed by atoms with Crippen LogP contribution in [0.5, 0.6) is 5.88 Å². The first kappa shape index (κ1) is 24.3. The summed E-state index contributed by atoms with van der Waals surface area (Å²) in [5.74, 6) is -2.65. The average Bonchev–Trinajstić information content (AvgIpc) is 2.79. The van der Waals surface area contributed by atoms with Crippen LogP contribution >= 0.6 is 12.2 Å². The number of hydrogen-bond acceptors (Lipinski definition) is 4. The Morgan fingerprint density at radius 1 is 1.00 bits per heavy atom. The first-order valence-electron chi connectivity index (χ1n) is 10.5. The summed E-state index contributed by atoms with van der Waals surface area (Å²) in [6, 6.07) is 11.0. The van der Waals surface area contributed by atoms with Crippen molar-refractivity contribution in [3.63, 3.8) is 0 Å². The highest BCUT2D eigenvalue weighted by Gasteiger charge is 2.24. The van der Waals surface area contributed by atoms with Gasteiger partial charge in [0.1, 0.15) is 11.6 Å². The Morgan fingerprint density at radius 3 is 2.09 bits per heavy atom. The fourth-order valence-corrected chi connectivity index (χ4v) is 4.10. The van der Waals surface area contributed by atoms with Gasteiger partial charge in [0.05, 0.1) is 0 Å². The summed E-state index contributed by atoms with van der Waals surface area (Å²) < 4.78 is 29.4. The Hall–Kier alpha value is -3.39. The molecule has 3 aromatic rings. The number of rotatable bonds is 8. The Kier molecular flexibility index (Phi) is 7.71. The SMILES string of the molecule is CCn1c([O-])c(C(CC(=O)/C=C/c2ccc(F)cc2)c2ccc(F)cc2)c(=O)n(CC)c1=S. The minimum atomic E-state index is -0.887. The molecule has 33 heavy (non-hydrogen) atoms. The van der Waals surface area contributed by atoms with Crippen LogP contribution in [-0.2, 0) is 17.9 Å². The number of allylic oxidation sites excluding steroid dienone is 1. The van der Waals surface area contributed by atoms with Crippen LogP contribution in [0.25, 0.3) is 6.08 Å². The zero-order valence-corrected chi connectivity index (χ0v) is 19.1. The number of nitrogens with zero attached hydrogens (tertiary/aromatic N) is 2. The van der Waals surface area contributed by atoms with Crippen molar-refractivity contribution in [2.45, 2.75) is 39.3 Å². The van der Waals surface area contributed by atoms with Gasteiger partial charge >= 0.3 is 0 Å². The number of halogens is 2. The van der Waals surface area contributed by atoms with Crippen molar-refractivity contribution in [1.29, 1.82) is 0 Å². The monoisotopic (exact) mass is 469 g/mol. The molecule has 0 saturated heterocycles. The van der Waals surface area contributed by atoms with Gasteiger partial charge in [-0.3, -0.25) is 14.2 Å². The predicted molar refractivity (Wildman–Crippen MR) is 124 cm³/mol. The summed E-state index contributed by atoms with van der Waals surface area (Å²) in [5, 5.41) is 13.2. The van der Waals surface area contributed by atoms with E-state index in [4.69, 9.17) is 12.2 Å². The molecule has 0 N–H and O–H groups in total. The first-order chi connectivity index (χ1) is 15.8. The van der Waals surface area contributed by atoms with Gasteiger partial charge in [-0.2, -0.15) is 0 Å². The van der Waals surface area contributed by atoms with Gasteiger partial charge in [-0.25, -0.2) is 8.78 Å². The van der Waals surface area contributed by atoms with Crippen LogP contribution in [0.3, 0.4) is 0 Å². The quantitative estimate of drug-likeness (QED) is 0.358. The number of aromatic nitrogens is 2. The summed E-state index contributed by atoms with van der Waals surface area (Å²) in [4.78, 5) is 26.1. The average molecular weight is 470 g/mol. The lowest BCUT2D eigenvalue weighted by atomic mass is 9.87. The Bertz CT molecular complexity index is 1290. The van der Waals surface area contributed by atoms with E-state index in [0.717, 1.165) is 0 Å². The highest BCUT2D eigenvalue weighted by Crippen LogP contribution is 2.31. The lowest BCUT2D eigenvalue weighted by molar-refractivity contribution is -0.281. The largest absolute Gasteiger partial charge is 0.860 e. The van der Waals surface area contributed by atoms with E-state index in [2.05, 4.69) is 0 Å². The molecule has 0 aliphatic rings. The number of benzene rings is 2. The maximum atomic E-state index is 13.6. The van der Waals surface area contributed by atoms with Crippen LogP contribution < -0.4 is 10.7 Å². The fourth-order valence-electron chi connectivity index (χ4n) is 3.67. The second kappa shape index (κ2) is 10.5. The van der Waals surface area contributed by atoms with Gasteiger partial charge < -0.3 is 9.67 Å².